The Morgan fingerprint density at radius 3 is 2.76 bits per heavy atom. The predicted octanol–water partition coefficient (Wildman–Crippen LogP) is 2.05. The van der Waals surface area contributed by atoms with E-state index in [1.807, 2.05) is 22.8 Å². The molecule has 0 amide bonds. The van der Waals surface area contributed by atoms with Gasteiger partial charge in [-0.15, -0.1) is 0 Å². The van der Waals surface area contributed by atoms with Crippen LogP contribution in [-0.2, 0) is 11.3 Å². The van der Waals surface area contributed by atoms with E-state index in [1.165, 1.54) is 6.33 Å². The van der Waals surface area contributed by atoms with Crippen molar-refractivity contribution in [2.75, 3.05) is 31.2 Å². The number of hydrogen-bond acceptors (Lipinski definition) is 6. The molecule has 0 radical (unpaired) electrons. The summed E-state index contributed by atoms with van der Waals surface area (Å²) in [5, 5.41) is 11.1. The maximum Gasteiger partial charge on any atom is 0.165 e. The first kappa shape index (κ1) is 16.3. The van der Waals surface area contributed by atoms with Gasteiger partial charge >= 0.3 is 0 Å². The zero-order valence-electron chi connectivity index (χ0n) is 13.5. The number of imidazole rings is 1. The number of halogens is 1. The molecule has 25 heavy (non-hydrogen) atoms. The first-order chi connectivity index (χ1) is 12.2. The Kier molecular flexibility index (Phi) is 4.52. The molecule has 1 aromatic carbocycles. The number of anilines is 1. The molecule has 7 nitrogen and oxygen atoms in total. The average Bonchev–Trinajstić information content (AvgIpc) is 3.06. The molecule has 1 aliphatic heterocycles. The second-order valence-electron chi connectivity index (χ2n) is 5.90. The van der Waals surface area contributed by atoms with E-state index in [0.29, 0.717) is 36.0 Å². The number of benzene rings is 1. The van der Waals surface area contributed by atoms with Crippen LogP contribution in [-0.4, -0.2) is 50.9 Å². The molecule has 4 rings (SSSR count). The molecule has 0 aliphatic carbocycles. The third kappa shape index (κ3) is 3.18. The van der Waals surface area contributed by atoms with Gasteiger partial charge in [-0.05, 0) is 6.07 Å². The topological polar surface area (TPSA) is 76.3 Å². The first-order valence-corrected chi connectivity index (χ1v) is 8.53. The molecular weight excluding hydrogens is 342 g/mol. The maximum absolute atomic E-state index is 10.5. The van der Waals surface area contributed by atoms with Gasteiger partial charge in [0.05, 0.1) is 32.2 Å². The van der Waals surface area contributed by atoms with Gasteiger partial charge < -0.3 is 19.3 Å². The Morgan fingerprint density at radius 1 is 1.16 bits per heavy atom. The highest BCUT2D eigenvalue weighted by atomic mass is 35.5. The fourth-order valence-electron chi connectivity index (χ4n) is 3.04. The Hall–Kier alpha value is -2.22. The summed E-state index contributed by atoms with van der Waals surface area (Å²) in [5.74, 6) is 0.805. The van der Waals surface area contributed by atoms with E-state index >= 15 is 0 Å². The minimum Gasteiger partial charge on any atom is -0.386 e. The van der Waals surface area contributed by atoms with Crippen LogP contribution in [0.1, 0.15) is 11.7 Å². The quantitative estimate of drug-likeness (QED) is 0.768. The average molecular weight is 360 g/mol. The van der Waals surface area contributed by atoms with E-state index in [9.17, 15) is 5.11 Å². The SMILES string of the molecule is O[C@@H](Cn1cnc2c(N3CCOCC3)ncnc21)c1ccccc1Cl. The summed E-state index contributed by atoms with van der Waals surface area (Å²) in [7, 11) is 0. The summed E-state index contributed by atoms with van der Waals surface area (Å²) in [6, 6.07) is 7.28. The summed E-state index contributed by atoms with van der Waals surface area (Å²) >= 11 is 6.18. The molecule has 1 fully saturated rings. The van der Waals surface area contributed by atoms with Gasteiger partial charge in [-0.3, -0.25) is 0 Å². The van der Waals surface area contributed by atoms with Crippen molar-refractivity contribution in [3.8, 4) is 0 Å². The first-order valence-electron chi connectivity index (χ1n) is 8.15. The largest absolute Gasteiger partial charge is 0.386 e. The zero-order valence-corrected chi connectivity index (χ0v) is 14.3. The number of aromatic nitrogens is 4. The zero-order chi connectivity index (χ0) is 17.2. The summed E-state index contributed by atoms with van der Waals surface area (Å²) in [5.41, 5.74) is 2.12. The summed E-state index contributed by atoms with van der Waals surface area (Å²) in [6.07, 6.45) is 2.48. The third-order valence-electron chi connectivity index (χ3n) is 4.33. The molecular formula is C17H18ClN5O2. The minimum atomic E-state index is -0.743. The molecule has 0 unspecified atom stereocenters. The van der Waals surface area contributed by atoms with Crippen molar-refractivity contribution in [3.63, 3.8) is 0 Å². The highest BCUT2D eigenvalue weighted by molar-refractivity contribution is 6.31. The molecule has 0 saturated carbocycles. The van der Waals surface area contributed by atoms with Crippen LogP contribution in [0.15, 0.2) is 36.9 Å². The van der Waals surface area contributed by atoms with Gasteiger partial charge in [-0.2, -0.15) is 0 Å². The molecule has 1 aliphatic rings. The molecule has 1 saturated heterocycles. The number of ether oxygens (including phenoxy) is 1. The smallest absolute Gasteiger partial charge is 0.165 e. The van der Waals surface area contributed by atoms with Crippen LogP contribution in [0.2, 0.25) is 5.02 Å². The van der Waals surface area contributed by atoms with Crippen molar-refractivity contribution in [3.05, 3.63) is 47.5 Å². The summed E-state index contributed by atoms with van der Waals surface area (Å²) in [4.78, 5) is 15.4. The van der Waals surface area contributed by atoms with Crippen molar-refractivity contribution < 1.29 is 9.84 Å². The lowest BCUT2D eigenvalue weighted by Gasteiger charge is -2.27. The Bertz CT molecular complexity index is 878. The second kappa shape index (κ2) is 6.95. The Labute approximate surface area is 149 Å². The van der Waals surface area contributed by atoms with Gasteiger partial charge in [0.2, 0.25) is 0 Å². The number of aliphatic hydroxyl groups is 1. The lowest BCUT2D eigenvalue weighted by Crippen LogP contribution is -2.37. The molecule has 3 aromatic rings. The van der Waals surface area contributed by atoms with E-state index in [1.54, 1.807) is 12.4 Å². The van der Waals surface area contributed by atoms with Crippen LogP contribution in [0.5, 0.6) is 0 Å². The number of hydrogen-bond donors (Lipinski definition) is 1. The van der Waals surface area contributed by atoms with Gasteiger partial charge in [-0.1, -0.05) is 29.8 Å². The maximum atomic E-state index is 10.5. The monoisotopic (exact) mass is 359 g/mol. The molecule has 0 spiro atoms. The van der Waals surface area contributed by atoms with Crippen LogP contribution in [0, 0.1) is 0 Å². The molecule has 3 heterocycles. The van der Waals surface area contributed by atoms with Crippen LogP contribution in [0.3, 0.4) is 0 Å². The number of nitrogens with zero attached hydrogens (tertiary/aromatic N) is 5. The molecule has 8 heteroatoms. The summed E-state index contributed by atoms with van der Waals surface area (Å²) in [6.45, 7) is 3.23. The lowest BCUT2D eigenvalue weighted by molar-refractivity contribution is 0.122. The van der Waals surface area contributed by atoms with Gasteiger partial charge in [0.25, 0.3) is 0 Å². The third-order valence-corrected chi connectivity index (χ3v) is 4.67. The minimum absolute atomic E-state index is 0.319. The van der Waals surface area contributed by atoms with Crippen molar-refractivity contribution >= 4 is 28.6 Å². The van der Waals surface area contributed by atoms with E-state index in [-0.39, 0.29) is 0 Å². The Balaban J connectivity index is 1.64. The number of fused-ring (bicyclic) bond motifs is 1. The van der Waals surface area contributed by atoms with Crippen molar-refractivity contribution in [2.24, 2.45) is 0 Å². The molecule has 130 valence electrons. The molecule has 1 atom stereocenters. The number of morpholine rings is 1. The lowest BCUT2D eigenvalue weighted by atomic mass is 10.1. The Morgan fingerprint density at radius 2 is 1.96 bits per heavy atom. The van der Waals surface area contributed by atoms with Gasteiger partial charge in [-0.25, -0.2) is 15.0 Å². The van der Waals surface area contributed by atoms with E-state index in [0.717, 1.165) is 24.4 Å². The number of aliphatic hydroxyl groups excluding tert-OH is 1. The van der Waals surface area contributed by atoms with E-state index in [2.05, 4.69) is 19.9 Å². The van der Waals surface area contributed by atoms with Crippen LogP contribution < -0.4 is 4.90 Å². The van der Waals surface area contributed by atoms with Crippen LogP contribution in [0.4, 0.5) is 5.82 Å². The van der Waals surface area contributed by atoms with Gasteiger partial charge in [0.15, 0.2) is 17.0 Å². The van der Waals surface area contributed by atoms with E-state index in [4.69, 9.17) is 16.3 Å². The molecule has 0 bridgehead atoms. The fraction of sp³-hybridized carbons (Fsp3) is 0.353. The van der Waals surface area contributed by atoms with E-state index < -0.39 is 6.10 Å². The number of rotatable bonds is 4. The van der Waals surface area contributed by atoms with Crippen molar-refractivity contribution in [2.45, 2.75) is 12.6 Å². The highest BCUT2D eigenvalue weighted by Gasteiger charge is 2.20. The predicted molar refractivity (Wildman–Crippen MR) is 94.8 cm³/mol. The fourth-order valence-corrected chi connectivity index (χ4v) is 3.30. The normalized spacial score (nSPS) is 16.3. The van der Waals surface area contributed by atoms with Crippen molar-refractivity contribution in [1.29, 1.82) is 0 Å². The molecule has 1 N–H and O–H groups in total. The second-order valence-corrected chi connectivity index (χ2v) is 6.31. The standard InChI is InChI=1S/C17H18ClN5O2/c18-13-4-2-1-3-12(13)14(24)9-23-11-21-15-16(19-10-20-17(15)23)22-5-7-25-8-6-22/h1-4,10-11,14,24H,5-9H2/t14-/m0/s1. The van der Waals surface area contributed by atoms with Crippen LogP contribution >= 0.6 is 11.6 Å². The van der Waals surface area contributed by atoms with Gasteiger partial charge in [0.1, 0.15) is 6.33 Å². The van der Waals surface area contributed by atoms with Crippen LogP contribution in [0.25, 0.3) is 11.2 Å². The molecule has 2 aromatic heterocycles. The van der Waals surface area contributed by atoms with Crippen molar-refractivity contribution in [1.82, 2.24) is 19.5 Å². The highest BCUT2D eigenvalue weighted by Crippen LogP contribution is 2.26. The summed E-state index contributed by atoms with van der Waals surface area (Å²) < 4.78 is 7.22. The van der Waals surface area contributed by atoms with Gasteiger partial charge in [0, 0.05) is 23.7 Å².